The molecule has 7 nitrogen and oxygen atoms in total. The Labute approximate surface area is 135 Å². The zero-order valence-electron chi connectivity index (χ0n) is 12.0. The van der Waals surface area contributed by atoms with Gasteiger partial charge in [-0.05, 0) is 18.6 Å². The molecule has 4 rings (SSSR count). The van der Waals surface area contributed by atoms with Crippen molar-refractivity contribution < 1.29 is 4.42 Å². The Kier molecular flexibility index (Phi) is 3.12. The molecule has 0 fully saturated rings. The van der Waals surface area contributed by atoms with Crippen LogP contribution in [0.25, 0.3) is 22.1 Å². The normalized spacial score (nSPS) is 12.8. The van der Waals surface area contributed by atoms with Crippen molar-refractivity contribution in [2.75, 3.05) is 0 Å². The van der Waals surface area contributed by atoms with Gasteiger partial charge in [0.25, 0.3) is 0 Å². The van der Waals surface area contributed by atoms with E-state index in [0.29, 0.717) is 27.8 Å². The van der Waals surface area contributed by atoms with Gasteiger partial charge in [-0.2, -0.15) is 12.6 Å². The monoisotopic (exact) mass is 325 g/mol. The Bertz CT molecular complexity index is 1090. The predicted molar refractivity (Wildman–Crippen MR) is 87.5 cm³/mol. The number of aromatic amines is 1. The Morgan fingerprint density at radius 1 is 1.26 bits per heavy atom. The number of imidazole rings is 1. The van der Waals surface area contributed by atoms with Crippen molar-refractivity contribution in [2.45, 2.75) is 12.2 Å². The van der Waals surface area contributed by atoms with E-state index in [4.69, 9.17) is 4.42 Å². The van der Waals surface area contributed by atoms with E-state index in [1.165, 1.54) is 12.7 Å². The first-order valence-electron chi connectivity index (χ1n) is 6.87. The standard InChI is InChI=1S/C15H11N5O2S/c1-7-3-2-4-8-9(7)15(21)22-14(20-8)12(23)10-11-13(18-5-16-10)19-6-17-11/h2-6,12,23H,1H3,(H,16,17,18,19). The fraction of sp³-hybridized carbons (Fsp3) is 0.133. The Hall–Kier alpha value is -2.74. The van der Waals surface area contributed by atoms with Gasteiger partial charge in [0, 0.05) is 0 Å². The first kappa shape index (κ1) is 13.9. The summed E-state index contributed by atoms with van der Waals surface area (Å²) in [4.78, 5) is 32.1. The summed E-state index contributed by atoms with van der Waals surface area (Å²) >= 11 is 4.52. The van der Waals surface area contributed by atoms with Crippen LogP contribution >= 0.6 is 12.6 Å². The molecule has 0 radical (unpaired) electrons. The lowest BCUT2D eigenvalue weighted by atomic mass is 10.1. The van der Waals surface area contributed by atoms with Crippen molar-refractivity contribution in [3.63, 3.8) is 0 Å². The van der Waals surface area contributed by atoms with Crippen LogP contribution in [-0.4, -0.2) is 24.9 Å². The van der Waals surface area contributed by atoms with Gasteiger partial charge in [-0.25, -0.2) is 24.7 Å². The van der Waals surface area contributed by atoms with Gasteiger partial charge in [0.2, 0.25) is 5.89 Å². The largest absolute Gasteiger partial charge is 0.406 e. The van der Waals surface area contributed by atoms with Crippen molar-refractivity contribution >= 4 is 34.7 Å². The lowest BCUT2D eigenvalue weighted by Gasteiger charge is -2.09. The molecule has 3 aromatic heterocycles. The number of nitrogens with zero attached hydrogens (tertiary/aromatic N) is 4. The van der Waals surface area contributed by atoms with Crippen LogP contribution in [0.4, 0.5) is 0 Å². The van der Waals surface area contributed by atoms with Crippen LogP contribution in [0.1, 0.15) is 22.4 Å². The Balaban J connectivity index is 1.92. The summed E-state index contributed by atoms with van der Waals surface area (Å²) in [5, 5.41) is -0.147. The molecule has 0 saturated carbocycles. The number of benzene rings is 1. The Morgan fingerprint density at radius 2 is 2.13 bits per heavy atom. The quantitative estimate of drug-likeness (QED) is 0.548. The maximum atomic E-state index is 12.3. The summed E-state index contributed by atoms with van der Waals surface area (Å²) in [7, 11) is 0. The summed E-state index contributed by atoms with van der Waals surface area (Å²) < 4.78 is 5.37. The van der Waals surface area contributed by atoms with Crippen molar-refractivity contribution in [3.05, 3.63) is 58.4 Å². The molecule has 4 aromatic rings. The molecule has 0 aliphatic carbocycles. The average Bonchev–Trinajstić information content (AvgIpc) is 3.02. The molecular formula is C15H11N5O2S. The Morgan fingerprint density at radius 3 is 3.00 bits per heavy atom. The second-order valence-electron chi connectivity index (χ2n) is 5.07. The molecule has 23 heavy (non-hydrogen) atoms. The third kappa shape index (κ3) is 2.18. The topological polar surface area (TPSA) is 97.6 Å². The van der Waals surface area contributed by atoms with Gasteiger partial charge in [0.15, 0.2) is 5.65 Å². The van der Waals surface area contributed by atoms with Crippen LogP contribution in [0, 0.1) is 6.92 Å². The predicted octanol–water partition coefficient (Wildman–Crippen LogP) is 2.18. The molecule has 114 valence electrons. The van der Waals surface area contributed by atoms with Crippen LogP contribution in [0.2, 0.25) is 0 Å². The smallest absolute Gasteiger partial charge is 0.347 e. The molecule has 1 atom stereocenters. The third-order valence-electron chi connectivity index (χ3n) is 3.62. The molecule has 8 heteroatoms. The number of aryl methyl sites for hydroxylation is 1. The van der Waals surface area contributed by atoms with Crippen molar-refractivity contribution in [1.29, 1.82) is 0 Å². The van der Waals surface area contributed by atoms with Crippen LogP contribution in [-0.2, 0) is 0 Å². The van der Waals surface area contributed by atoms with E-state index in [9.17, 15) is 4.79 Å². The molecule has 1 aromatic carbocycles. The van der Waals surface area contributed by atoms with Crippen LogP contribution in [0.15, 0.2) is 40.1 Å². The maximum Gasteiger partial charge on any atom is 0.347 e. The van der Waals surface area contributed by atoms with Gasteiger partial charge in [0.1, 0.15) is 17.1 Å². The highest BCUT2D eigenvalue weighted by Gasteiger charge is 2.21. The number of hydrogen-bond donors (Lipinski definition) is 2. The minimum Gasteiger partial charge on any atom is -0.406 e. The number of rotatable bonds is 2. The summed E-state index contributed by atoms with van der Waals surface area (Å²) in [6.45, 7) is 1.84. The molecular weight excluding hydrogens is 314 g/mol. The van der Waals surface area contributed by atoms with E-state index in [1.54, 1.807) is 6.07 Å². The fourth-order valence-electron chi connectivity index (χ4n) is 2.52. The van der Waals surface area contributed by atoms with E-state index >= 15 is 0 Å². The van der Waals surface area contributed by atoms with Gasteiger partial charge >= 0.3 is 5.63 Å². The zero-order valence-corrected chi connectivity index (χ0v) is 12.9. The van der Waals surface area contributed by atoms with Crippen molar-refractivity contribution in [3.8, 4) is 0 Å². The summed E-state index contributed by atoms with van der Waals surface area (Å²) in [5.41, 5.74) is 2.65. The molecule has 0 aliphatic rings. The van der Waals surface area contributed by atoms with Gasteiger partial charge in [-0.15, -0.1) is 0 Å². The summed E-state index contributed by atoms with van der Waals surface area (Å²) in [6, 6.07) is 5.46. The van der Waals surface area contributed by atoms with Crippen LogP contribution < -0.4 is 5.63 Å². The summed E-state index contributed by atoms with van der Waals surface area (Å²) in [5.74, 6) is 0.180. The van der Waals surface area contributed by atoms with Gasteiger partial charge < -0.3 is 9.40 Å². The number of thiol groups is 1. The fourth-order valence-corrected chi connectivity index (χ4v) is 2.82. The molecule has 1 N–H and O–H groups in total. The minimum atomic E-state index is -0.624. The molecule has 0 bridgehead atoms. The lowest BCUT2D eigenvalue weighted by molar-refractivity contribution is 0.451. The number of fused-ring (bicyclic) bond motifs is 2. The van der Waals surface area contributed by atoms with Gasteiger partial charge in [0.05, 0.1) is 22.9 Å². The second-order valence-corrected chi connectivity index (χ2v) is 5.59. The molecule has 0 saturated heterocycles. The molecule has 1 unspecified atom stereocenters. The van der Waals surface area contributed by atoms with Gasteiger partial charge in [-0.3, -0.25) is 0 Å². The highest BCUT2D eigenvalue weighted by molar-refractivity contribution is 7.80. The SMILES string of the molecule is Cc1cccc2nc(C(S)c3ncnc4[nH]cnc34)oc(=O)c12. The van der Waals surface area contributed by atoms with E-state index < -0.39 is 10.9 Å². The number of aromatic nitrogens is 5. The van der Waals surface area contributed by atoms with Gasteiger partial charge in [-0.1, -0.05) is 12.1 Å². The lowest BCUT2D eigenvalue weighted by Crippen LogP contribution is -2.09. The molecule has 0 spiro atoms. The first-order chi connectivity index (χ1) is 11.1. The highest BCUT2D eigenvalue weighted by atomic mass is 32.1. The number of nitrogens with one attached hydrogen (secondary N) is 1. The van der Waals surface area contributed by atoms with E-state index in [1.807, 2.05) is 19.1 Å². The zero-order chi connectivity index (χ0) is 16.0. The maximum absolute atomic E-state index is 12.3. The average molecular weight is 325 g/mol. The van der Waals surface area contributed by atoms with E-state index in [0.717, 1.165) is 5.56 Å². The number of H-pyrrole nitrogens is 1. The van der Waals surface area contributed by atoms with Crippen LogP contribution in [0.3, 0.4) is 0 Å². The number of hydrogen-bond acceptors (Lipinski definition) is 7. The molecule has 3 heterocycles. The summed E-state index contributed by atoms with van der Waals surface area (Å²) in [6.07, 6.45) is 2.93. The second kappa shape index (κ2) is 5.17. The van der Waals surface area contributed by atoms with Crippen molar-refractivity contribution in [1.82, 2.24) is 24.9 Å². The third-order valence-corrected chi connectivity index (χ3v) is 4.09. The van der Waals surface area contributed by atoms with Crippen LogP contribution in [0.5, 0.6) is 0 Å². The first-order valence-corrected chi connectivity index (χ1v) is 7.39. The minimum absolute atomic E-state index is 0.180. The van der Waals surface area contributed by atoms with E-state index in [-0.39, 0.29) is 5.89 Å². The van der Waals surface area contributed by atoms with Crippen molar-refractivity contribution in [2.24, 2.45) is 0 Å². The van der Waals surface area contributed by atoms with E-state index in [2.05, 4.69) is 37.5 Å². The molecule has 0 aliphatic heterocycles. The molecule has 0 amide bonds. The highest BCUT2D eigenvalue weighted by Crippen LogP contribution is 2.29.